The lowest BCUT2D eigenvalue weighted by Gasteiger charge is -2.24. The van der Waals surface area contributed by atoms with Crippen molar-refractivity contribution in [2.24, 2.45) is 11.7 Å². The van der Waals surface area contributed by atoms with Crippen LogP contribution in [0, 0.1) is 5.92 Å². The molecule has 0 saturated heterocycles. The summed E-state index contributed by atoms with van der Waals surface area (Å²) in [7, 11) is 0. The Morgan fingerprint density at radius 2 is 1.60 bits per heavy atom. The molecule has 1 aromatic carbocycles. The van der Waals surface area contributed by atoms with Crippen molar-refractivity contribution in [2.45, 2.75) is 38.7 Å². The van der Waals surface area contributed by atoms with Crippen molar-refractivity contribution in [3.8, 4) is 0 Å². The van der Waals surface area contributed by atoms with Crippen LogP contribution in [0.2, 0.25) is 0 Å². The Morgan fingerprint density at radius 3 is 2.00 bits per heavy atom. The molecule has 0 saturated carbocycles. The van der Waals surface area contributed by atoms with E-state index in [1.807, 2.05) is 0 Å². The van der Waals surface area contributed by atoms with Crippen LogP contribution in [0.25, 0.3) is 0 Å². The van der Waals surface area contributed by atoms with Gasteiger partial charge in [0, 0.05) is 6.04 Å². The Hall–Kier alpha value is -1.24. The average molecular weight is 299 g/mol. The van der Waals surface area contributed by atoms with Crippen LogP contribution in [-0.4, -0.2) is 0 Å². The lowest BCUT2D eigenvalue weighted by molar-refractivity contribution is -0.142. The Labute approximate surface area is 112 Å². The Kier molecular flexibility index (Phi) is 4.74. The number of benzene rings is 1. The van der Waals surface area contributed by atoms with Gasteiger partial charge in [-0.05, 0) is 29.7 Å². The van der Waals surface area contributed by atoms with Crippen molar-refractivity contribution >= 4 is 0 Å². The number of nitrogens with two attached hydrogens (primary N) is 1. The number of rotatable bonds is 3. The smallest absolute Gasteiger partial charge is 0.324 e. The summed E-state index contributed by atoms with van der Waals surface area (Å²) in [5.74, 6) is -0.361. The summed E-state index contributed by atoms with van der Waals surface area (Å²) in [5, 5.41) is 0. The maximum atomic E-state index is 12.9. The van der Waals surface area contributed by atoms with Gasteiger partial charge in [-0.25, -0.2) is 0 Å². The van der Waals surface area contributed by atoms with E-state index in [9.17, 15) is 26.3 Å². The highest BCUT2D eigenvalue weighted by molar-refractivity contribution is 5.37. The topological polar surface area (TPSA) is 26.0 Å². The third-order valence-electron chi connectivity index (χ3n) is 3.30. The van der Waals surface area contributed by atoms with Crippen molar-refractivity contribution in [1.29, 1.82) is 0 Å². The van der Waals surface area contributed by atoms with E-state index in [-0.39, 0.29) is 5.92 Å². The highest BCUT2D eigenvalue weighted by Crippen LogP contribution is 2.39. The fraction of sp³-hybridized carbons (Fsp3) is 0.538. The van der Waals surface area contributed by atoms with Crippen LogP contribution >= 0.6 is 0 Å². The Balaban J connectivity index is 3.42. The molecule has 0 aliphatic heterocycles. The molecular weight excluding hydrogens is 284 g/mol. The maximum Gasteiger partial charge on any atom is 0.416 e. The third-order valence-corrected chi connectivity index (χ3v) is 3.30. The third kappa shape index (κ3) is 3.65. The van der Waals surface area contributed by atoms with E-state index in [1.54, 1.807) is 13.8 Å². The van der Waals surface area contributed by atoms with Gasteiger partial charge in [-0.3, -0.25) is 0 Å². The van der Waals surface area contributed by atoms with Crippen LogP contribution in [0.1, 0.15) is 43.0 Å². The molecule has 114 valence electrons. The molecule has 7 heteroatoms. The van der Waals surface area contributed by atoms with Gasteiger partial charge < -0.3 is 5.73 Å². The molecule has 0 fully saturated rings. The monoisotopic (exact) mass is 299 g/mol. The number of alkyl halides is 6. The zero-order chi connectivity index (χ0) is 15.7. The maximum absolute atomic E-state index is 12.9. The quantitative estimate of drug-likeness (QED) is 0.799. The van der Waals surface area contributed by atoms with Crippen molar-refractivity contribution in [3.63, 3.8) is 0 Å². The molecule has 0 heterocycles. The van der Waals surface area contributed by atoms with E-state index < -0.39 is 35.1 Å². The van der Waals surface area contributed by atoms with Gasteiger partial charge in [0.25, 0.3) is 0 Å². The van der Waals surface area contributed by atoms with Gasteiger partial charge in [0.05, 0.1) is 11.1 Å². The molecule has 1 aromatic rings. The summed E-state index contributed by atoms with van der Waals surface area (Å²) in [5.41, 5.74) is 2.94. The molecule has 1 rings (SSSR count). The van der Waals surface area contributed by atoms with Crippen molar-refractivity contribution in [2.75, 3.05) is 0 Å². The Morgan fingerprint density at radius 1 is 1.05 bits per heavy atom. The first-order chi connectivity index (χ1) is 8.98. The van der Waals surface area contributed by atoms with Gasteiger partial charge >= 0.3 is 12.4 Å². The first-order valence-corrected chi connectivity index (χ1v) is 6.02. The number of hydrogen-bond donors (Lipinski definition) is 1. The predicted molar refractivity (Wildman–Crippen MR) is 62.8 cm³/mol. The van der Waals surface area contributed by atoms with E-state index in [4.69, 9.17) is 5.73 Å². The van der Waals surface area contributed by atoms with Gasteiger partial charge in [0.15, 0.2) is 0 Å². The van der Waals surface area contributed by atoms with Gasteiger partial charge in [-0.15, -0.1) is 0 Å². The summed E-state index contributed by atoms with van der Waals surface area (Å²) < 4.78 is 76.5. The summed E-state index contributed by atoms with van der Waals surface area (Å²) in [4.78, 5) is 0. The minimum Gasteiger partial charge on any atom is -0.324 e. The molecule has 20 heavy (non-hydrogen) atoms. The molecule has 0 bridgehead atoms. The molecule has 0 aromatic heterocycles. The molecule has 2 N–H and O–H groups in total. The van der Waals surface area contributed by atoms with Crippen LogP contribution in [0.4, 0.5) is 26.3 Å². The van der Waals surface area contributed by atoms with Gasteiger partial charge in [-0.1, -0.05) is 20.3 Å². The molecule has 2 atom stereocenters. The first kappa shape index (κ1) is 16.8. The molecule has 0 spiro atoms. The molecule has 1 unspecified atom stereocenters. The fourth-order valence-electron chi connectivity index (χ4n) is 1.83. The molecule has 0 aliphatic carbocycles. The van der Waals surface area contributed by atoms with Gasteiger partial charge in [0.2, 0.25) is 0 Å². The van der Waals surface area contributed by atoms with Crippen LogP contribution in [-0.2, 0) is 12.4 Å². The minimum absolute atomic E-state index is 0.361. The summed E-state index contributed by atoms with van der Waals surface area (Å²) in [6, 6.07) is 0.273. The molecular formula is C13H15F6N. The highest BCUT2D eigenvalue weighted by atomic mass is 19.4. The second-order valence-corrected chi connectivity index (χ2v) is 4.71. The van der Waals surface area contributed by atoms with E-state index >= 15 is 0 Å². The minimum atomic E-state index is -4.73. The van der Waals surface area contributed by atoms with Crippen LogP contribution in [0.15, 0.2) is 18.2 Å². The molecule has 0 amide bonds. The second kappa shape index (κ2) is 5.63. The number of hydrogen-bond acceptors (Lipinski definition) is 1. The van der Waals surface area contributed by atoms with E-state index in [1.165, 1.54) is 0 Å². The normalized spacial score (nSPS) is 16.1. The number of halogens is 6. The largest absolute Gasteiger partial charge is 0.416 e. The average Bonchev–Trinajstić information content (AvgIpc) is 2.34. The zero-order valence-corrected chi connectivity index (χ0v) is 10.9. The van der Waals surface area contributed by atoms with Gasteiger partial charge in [0.1, 0.15) is 0 Å². The van der Waals surface area contributed by atoms with Crippen molar-refractivity contribution < 1.29 is 26.3 Å². The van der Waals surface area contributed by atoms with Crippen LogP contribution < -0.4 is 5.73 Å². The van der Waals surface area contributed by atoms with Crippen molar-refractivity contribution in [3.05, 3.63) is 34.9 Å². The lowest BCUT2D eigenvalue weighted by atomic mass is 9.89. The SMILES string of the molecule is CCC(C)[C@H](N)c1cc(C(F)(F)F)ccc1C(F)(F)F. The molecule has 0 radical (unpaired) electrons. The lowest BCUT2D eigenvalue weighted by Crippen LogP contribution is -2.23. The highest BCUT2D eigenvalue weighted by Gasteiger charge is 2.38. The fourth-order valence-corrected chi connectivity index (χ4v) is 1.83. The van der Waals surface area contributed by atoms with E-state index in [0.717, 1.165) is 0 Å². The van der Waals surface area contributed by atoms with Crippen LogP contribution in [0.3, 0.4) is 0 Å². The first-order valence-electron chi connectivity index (χ1n) is 6.02. The van der Waals surface area contributed by atoms with Crippen LogP contribution in [0.5, 0.6) is 0 Å². The zero-order valence-electron chi connectivity index (χ0n) is 10.9. The van der Waals surface area contributed by atoms with Gasteiger partial charge in [-0.2, -0.15) is 26.3 Å². The summed E-state index contributed by atoms with van der Waals surface area (Å²) in [6.07, 6.45) is -8.96. The standard InChI is InChI=1S/C13H15F6N/c1-3-7(2)11(20)9-6-8(12(14,15)16)4-5-10(9)13(17,18)19/h4-7,11H,3,20H2,1-2H3/t7?,11-/m0/s1. The Bertz CT molecular complexity index is 463. The van der Waals surface area contributed by atoms with E-state index in [0.29, 0.717) is 24.6 Å². The molecule has 1 nitrogen and oxygen atoms in total. The van der Waals surface area contributed by atoms with E-state index in [2.05, 4.69) is 0 Å². The second-order valence-electron chi connectivity index (χ2n) is 4.71. The molecule has 0 aliphatic rings. The predicted octanol–water partition coefficient (Wildman–Crippen LogP) is 4.77. The van der Waals surface area contributed by atoms with Crippen molar-refractivity contribution in [1.82, 2.24) is 0 Å². The summed E-state index contributed by atoms with van der Waals surface area (Å²) >= 11 is 0. The summed E-state index contributed by atoms with van der Waals surface area (Å²) in [6.45, 7) is 3.32.